The van der Waals surface area contributed by atoms with E-state index in [1.807, 2.05) is 0 Å². The molecule has 0 fully saturated rings. The molecule has 17 nitrogen and oxygen atoms in total. The van der Waals surface area contributed by atoms with Crippen molar-refractivity contribution in [3.05, 3.63) is 0 Å². The summed E-state index contributed by atoms with van der Waals surface area (Å²) in [6.45, 7) is 14.0. The van der Waals surface area contributed by atoms with Crippen molar-refractivity contribution < 1.29 is 39.6 Å². The molecule has 0 amide bonds. The summed E-state index contributed by atoms with van der Waals surface area (Å²) in [4.78, 5) is 45.0. The monoisotopic (exact) mass is 818 g/mol. The number of aliphatic carboxylic acids is 4. The van der Waals surface area contributed by atoms with Crippen LogP contribution in [0.25, 0.3) is 0 Å². The van der Waals surface area contributed by atoms with Crippen molar-refractivity contribution in [3.8, 4) is 0 Å². The van der Waals surface area contributed by atoms with Gasteiger partial charge in [0.25, 0.3) is 0 Å². The van der Waals surface area contributed by atoms with Gasteiger partial charge in [0.05, 0.1) is 0 Å². The van der Waals surface area contributed by atoms with Crippen LogP contribution in [0, 0.1) is 0 Å². The number of rotatable bonds is 47. The molecule has 57 heavy (non-hydrogen) atoms. The zero-order chi connectivity index (χ0) is 42.0. The van der Waals surface area contributed by atoms with Crippen LogP contribution in [0.5, 0.6) is 0 Å². The fourth-order valence-corrected chi connectivity index (χ4v) is 6.23. The van der Waals surface area contributed by atoms with Gasteiger partial charge in [-0.2, -0.15) is 0 Å². The van der Waals surface area contributed by atoms with Crippen molar-refractivity contribution in [2.75, 3.05) is 91.8 Å². The fraction of sp³-hybridized carbons (Fsp3) is 0.900. The summed E-state index contributed by atoms with van der Waals surface area (Å²) in [5, 5.41) is 66.1. The first kappa shape index (κ1) is 54.5. The van der Waals surface area contributed by atoms with Gasteiger partial charge in [0, 0.05) is 52.4 Å². The Morgan fingerprint density at radius 1 is 0.368 bits per heavy atom. The van der Waals surface area contributed by atoms with Crippen LogP contribution >= 0.6 is 0 Å². The molecule has 0 bridgehead atoms. The average molecular weight is 818 g/mol. The Bertz CT molecular complexity index is 970. The Labute approximate surface area is 343 Å². The Morgan fingerprint density at radius 3 is 1.21 bits per heavy atom. The van der Waals surface area contributed by atoms with Gasteiger partial charge in [-0.05, 0) is 104 Å². The summed E-state index contributed by atoms with van der Waals surface area (Å²) in [5.74, 6) is -4.01. The van der Waals surface area contributed by atoms with Crippen LogP contribution in [0.15, 0.2) is 0 Å². The number of carboxylic acids is 4. The van der Waals surface area contributed by atoms with Gasteiger partial charge in [0.1, 0.15) is 18.1 Å². The van der Waals surface area contributed by atoms with E-state index in [1.165, 1.54) is 51.4 Å². The number of hydrogen-bond acceptors (Lipinski definition) is 13. The van der Waals surface area contributed by atoms with Gasteiger partial charge < -0.3 is 57.6 Å². The summed E-state index contributed by atoms with van der Waals surface area (Å²) in [5.41, 5.74) is 0. The van der Waals surface area contributed by atoms with Crippen molar-refractivity contribution >= 4 is 23.9 Å². The van der Waals surface area contributed by atoms with E-state index in [4.69, 9.17) is 5.11 Å². The molecule has 0 aromatic heterocycles. The molecule has 0 aliphatic heterocycles. The highest BCUT2D eigenvalue weighted by Crippen LogP contribution is 2.08. The first-order chi connectivity index (χ1) is 27.7. The quantitative estimate of drug-likeness (QED) is 0.0308. The third-order valence-corrected chi connectivity index (χ3v) is 9.67. The van der Waals surface area contributed by atoms with E-state index in [0.717, 1.165) is 104 Å². The van der Waals surface area contributed by atoms with Gasteiger partial charge in [0.2, 0.25) is 0 Å². The molecule has 0 saturated carbocycles. The minimum atomic E-state index is -1.17. The Morgan fingerprint density at radius 2 is 0.719 bits per heavy atom. The van der Waals surface area contributed by atoms with Gasteiger partial charge in [-0.1, -0.05) is 58.3 Å². The second kappa shape index (κ2) is 41.7. The number of hydrogen-bond donors (Lipinski definition) is 13. The first-order valence-corrected chi connectivity index (χ1v) is 22.0. The van der Waals surface area contributed by atoms with Crippen molar-refractivity contribution in [2.24, 2.45) is 0 Å². The van der Waals surface area contributed by atoms with Crippen molar-refractivity contribution in [3.63, 3.8) is 0 Å². The molecule has 0 heterocycles. The molecule has 0 aliphatic carbocycles. The Balaban J connectivity index is 3.47. The molecule has 0 aliphatic rings. The lowest BCUT2D eigenvalue weighted by Crippen LogP contribution is -2.47. The molecule has 0 saturated heterocycles. The molecule has 336 valence electrons. The summed E-state index contributed by atoms with van der Waals surface area (Å²) < 4.78 is 0. The van der Waals surface area contributed by atoms with Gasteiger partial charge in [-0.25, -0.2) is 0 Å². The van der Waals surface area contributed by atoms with E-state index in [0.29, 0.717) is 32.4 Å². The molecule has 3 unspecified atom stereocenters. The lowest BCUT2D eigenvalue weighted by atomic mass is 10.1. The third kappa shape index (κ3) is 38.8. The second-order valence-corrected chi connectivity index (χ2v) is 14.8. The number of carbonyl (C=O) groups is 4. The predicted molar refractivity (Wildman–Crippen MR) is 227 cm³/mol. The minimum Gasteiger partial charge on any atom is -0.481 e. The summed E-state index contributed by atoms with van der Waals surface area (Å²) in [6, 6.07) is -2.32. The molecule has 0 aromatic carbocycles. The normalized spacial score (nSPS) is 13.1. The number of unbranched alkanes of at least 4 members (excludes halogenated alkanes) is 9. The van der Waals surface area contributed by atoms with Crippen molar-refractivity contribution in [1.82, 2.24) is 47.9 Å². The molecule has 0 spiro atoms. The van der Waals surface area contributed by atoms with E-state index in [2.05, 4.69) is 54.8 Å². The zero-order valence-electron chi connectivity index (χ0n) is 35.3. The van der Waals surface area contributed by atoms with Crippen LogP contribution < -0.4 is 47.9 Å². The van der Waals surface area contributed by atoms with Crippen LogP contribution in [-0.4, -0.2) is 154 Å². The van der Waals surface area contributed by atoms with Crippen LogP contribution in [0.2, 0.25) is 0 Å². The maximum atomic E-state index is 11.6. The first-order valence-electron chi connectivity index (χ1n) is 22.0. The standard InChI is InChI=1S/C40H83N9O8/c1-2-20-41-21-11-9-5-6-10-16-34(38(52)53)47-32-31-45-26-15-25-44-28-30-46-29-27-43-23-13-8-4-3-7-12-22-42-24-14-17-35(39(54)55)48-33-49-36(40(56)57)18-19-37(50)51/h34-36,41-49H,2-33H2,1H3,(H,50,51)(H,52,53)(H,54,55)(H,56,57). The molecular formula is C40H83N9O8. The topological polar surface area (TPSA) is 257 Å². The molecular weight excluding hydrogens is 734 g/mol. The zero-order valence-corrected chi connectivity index (χ0v) is 35.3. The van der Waals surface area contributed by atoms with Crippen molar-refractivity contribution in [1.29, 1.82) is 0 Å². The van der Waals surface area contributed by atoms with E-state index in [1.54, 1.807) is 0 Å². The summed E-state index contributed by atoms with van der Waals surface area (Å²) in [6.07, 6.45) is 16.3. The van der Waals surface area contributed by atoms with Crippen LogP contribution in [0.1, 0.15) is 122 Å². The Hall–Kier alpha value is -2.48. The maximum Gasteiger partial charge on any atom is 0.320 e. The lowest BCUT2D eigenvalue weighted by Gasteiger charge is -2.18. The highest BCUT2D eigenvalue weighted by molar-refractivity contribution is 5.75. The number of carboxylic acid groups (broad SMARTS) is 4. The van der Waals surface area contributed by atoms with Crippen LogP contribution in [-0.2, 0) is 19.2 Å². The third-order valence-electron chi connectivity index (χ3n) is 9.67. The summed E-state index contributed by atoms with van der Waals surface area (Å²) >= 11 is 0. The van der Waals surface area contributed by atoms with E-state index in [-0.39, 0.29) is 19.5 Å². The summed E-state index contributed by atoms with van der Waals surface area (Å²) in [7, 11) is 0. The number of nitrogens with one attached hydrogen (secondary N) is 9. The highest BCUT2D eigenvalue weighted by atomic mass is 16.4. The molecule has 13 N–H and O–H groups in total. The predicted octanol–water partition coefficient (Wildman–Crippen LogP) is 1.74. The fourth-order valence-electron chi connectivity index (χ4n) is 6.23. The molecule has 0 rings (SSSR count). The van der Waals surface area contributed by atoms with Crippen LogP contribution in [0.4, 0.5) is 0 Å². The minimum absolute atomic E-state index is 0.0351. The largest absolute Gasteiger partial charge is 0.481 e. The van der Waals surface area contributed by atoms with Gasteiger partial charge >= 0.3 is 23.9 Å². The van der Waals surface area contributed by atoms with E-state index >= 15 is 0 Å². The molecule has 0 aromatic rings. The van der Waals surface area contributed by atoms with Crippen LogP contribution in [0.3, 0.4) is 0 Å². The van der Waals surface area contributed by atoms with Crippen molar-refractivity contribution in [2.45, 2.75) is 141 Å². The second-order valence-electron chi connectivity index (χ2n) is 14.8. The Kier molecular flexibility index (Phi) is 39.9. The van der Waals surface area contributed by atoms with Gasteiger partial charge in [0.15, 0.2) is 0 Å². The molecule has 0 radical (unpaired) electrons. The maximum absolute atomic E-state index is 11.6. The lowest BCUT2D eigenvalue weighted by molar-refractivity contribution is -0.141. The van der Waals surface area contributed by atoms with E-state index in [9.17, 15) is 34.5 Å². The highest BCUT2D eigenvalue weighted by Gasteiger charge is 2.20. The van der Waals surface area contributed by atoms with Gasteiger partial charge in [-0.15, -0.1) is 0 Å². The molecule has 17 heteroatoms. The SMILES string of the molecule is CCCNCCCCCCCC(NCCNCCCNCCNCCNCCCCCCCCNCCCC(NCNC(CCC(=O)O)C(=O)O)C(=O)O)C(=O)O. The smallest absolute Gasteiger partial charge is 0.320 e. The average Bonchev–Trinajstić information content (AvgIpc) is 3.17. The molecule has 3 atom stereocenters. The van der Waals surface area contributed by atoms with Gasteiger partial charge in [-0.3, -0.25) is 29.8 Å². The van der Waals surface area contributed by atoms with E-state index < -0.39 is 42.0 Å².